The summed E-state index contributed by atoms with van der Waals surface area (Å²) in [5.74, 6) is 0. The van der Waals surface area contributed by atoms with E-state index < -0.39 is 0 Å². The van der Waals surface area contributed by atoms with E-state index in [1.165, 1.54) is 328 Å². The zero-order chi connectivity index (χ0) is 51.5. The maximum Gasteiger partial charge on any atom is 0.148 e. The fraction of sp³-hybridized carbons (Fsp3) is 0.667. The Morgan fingerprint density at radius 1 is 0.178 bits per heavy atom. The largest absolute Gasteiger partial charge is 0.194 e. The molecule has 408 valence electrons. The SMILES string of the molecule is CCCCCCCCCCCCc1ccc([N+](c2ccc(CCCCCCCCCCCC)cc2)(c2ccc(CCCCCCCCCCCC)cc2)c2ccc(CCCCCCCCCCCC)cc2)cc1. The molecule has 0 amide bonds. The smallest absolute Gasteiger partial charge is 0.148 e. The van der Waals surface area contributed by atoms with Crippen LogP contribution in [0, 0.1) is 0 Å². The first-order chi connectivity index (χ1) is 36.1. The summed E-state index contributed by atoms with van der Waals surface area (Å²) < 4.78 is 0.605. The van der Waals surface area contributed by atoms with Crippen LogP contribution in [0.2, 0.25) is 0 Å². The molecule has 73 heavy (non-hydrogen) atoms. The summed E-state index contributed by atoms with van der Waals surface area (Å²) in [6.07, 6.45) is 60.1. The van der Waals surface area contributed by atoms with E-state index in [-0.39, 0.29) is 0 Å². The van der Waals surface area contributed by atoms with Gasteiger partial charge in [0.25, 0.3) is 0 Å². The molecule has 0 N–H and O–H groups in total. The third-order valence-corrected chi connectivity index (χ3v) is 16.6. The Morgan fingerprint density at radius 2 is 0.315 bits per heavy atom. The minimum Gasteiger partial charge on any atom is -0.194 e. The Kier molecular flexibility index (Phi) is 35.9. The van der Waals surface area contributed by atoms with Gasteiger partial charge in [0, 0.05) is 48.5 Å². The van der Waals surface area contributed by atoms with Crippen molar-refractivity contribution in [2.75, 3.05) is 0 Å². The topological polar surface area (TPSA) is 0 Å². The van der Waals surface area contributed by atoms with Gasteiger partial charge in [-0.3, -0.25) is 0 Å². The molecular formula is C72H116N+. The van der Waals surface area contributed by atoms with Gasteiger partial charge in [-0.05, 0) is 73.6 Å². The van der Waals surface area contributed by atoms with Crippen LogP contribution in [0.25, 0.3) is 0 Å². The Balaban J connectivity index is 1.54. The van der Waals surface area contributed by atoms with Crippen molar-refractivity contribution in [2.24, 2.45) is 0 Å². The first-order valence-electron chi connectivity index (χ1n) is 32.4. The highest BCUT2D eigenvalue weighted by atomic mass is 15.4. The highest BCUT2D eigenvalue weighted by Gasteiger charge is 2.39. The van der Waals surface area contributed by atoms with Crippen LogP contribution >= 0.6 is 0 Å². The van der Waals surface area contributed by atoms with Crippen LogP contribution in [0.15, 0.2) is 97.1 Å². The fourth-order valence-corrected chi connectivity index (χ4v) is 11.7. The van der Waals surface area contributed by atoms with Crippen molar-refractivity contribution in [3.8, 4) is 0 Å². The standard InChI is InChI=1S/C72H116N/c1-5-9-13-17-21-25-29-33-37-41-45-65-49-57-69(58-50-65)73(70-59-51-66(52-60-70)46-42-38-34-30-26-22-18-14-10-6-2,71-61-53-67(54-62-71)47-43-39-35-31-27-23-19-15-11-7-3)72-63-55-68(56-64-72)48-44-40-36-32-28-24-20-16-12-8-4/h49-64H,5-48H2,1-4H3/q+1. The molecule has 0 bridgehead atoms. The van der Waals surface area contributed by atoms with Crippen molar-refractivity contribution in [1.29, 1.82) is 0 Å². The molecule has 0 saturated heterocycles. The summed E-state index contributed by atoms with van der Waals surface area (Å²) in [4.78, 5) is 0. The molecule has 0 fully saturated rings. The van der Waals surface area contributed by atoms with Gasteiger partial charge in [-0.2, -0.15) is 4.48 Å². The highest BCUT2D eigenvalue weighted by molar-refractivity contribution is 5.81. The number of rotatable bonds is 48. The Morgan fingerprint density at radius 3 is 0.466 bits per heavy atom. The number of quaternary nitrogens is 1. The molecule has 0 aliphatic carbocycles. The zero-order valence-electron chi connectivity index (χ0n) is 48.8. The number of hydrogen-bond donors (Lipinski definition) is 0. The van der Waals surface area contributed by atoms with Gasteiger partial charge in [-0.25, -0.2) is 0 Å². The summed E-state index contributed by atoms with van der Waals surface area (Å²) >= 11 is 0. The van der Waals surface area contributed by atoms with E-state index in [0.717, 1.165) is 0 Å². The second kappa shape index (κ2) is 42.0. The number of unbranched alkanes of at least 4 members (excludes halogenated alkanes) is 36. The van der Waals surface area contributed by atoms with Gasteiger partial charge in [0.05, 0.1) is 0 Å². The number of nitrogens with zero attached hydrogens (tertiary/aromatic N) is 1. The highest BCUT2D eigenvalue weighted by Crippen LogP contribution is 2.51. The van der Waals surface area contributed by atoms with Crippen LogP contribution < -0.4 is 4.48 Å². The molecule has 1 nitrogen and oxygen atoms in total. The van der Waals surface area contributed by atoms with Gasteiger partial charge in [-0.1, -0.05) is 307 Å². The van der Waals surface area contributed by atoms with Crippen molar-refractivity contribution < 1.29 is 0 Å². The predicted octanol–water partition coefficient (Wildman–Crippen LogP) is 24.8. The maximum atomic E-state index is 2.48. The third kappa shape index (κ3) is 26.0. The van der Waals surface area contributed by atoms with Crippen LogP contribution in [0.4, 0.5) is 22.7 Å². The van der Waals surface area contributed by atoms with Gasteiger partial charge < -0.3 is 0 Å². The summed E-state index contributed by atoms with van der Waals surface area (Å²) in [6.45, 7) is 9.27. The van der Waals surface area contributed by atoms with Gasteiger partial charge in [0.2, 0.25) is 0 Å². The van der Waals surface area contributed by atoms with E-state index in [2.05, 4.69) is 125 Å². The van der Waals surface area contributed by atoms with E-state index in [9.17, 15) is 0 Å². The average Bonchev–Trinajstić information content (AvgIpc) is 3.42. The van der Waals surface area contributed by atoms with Gasteiger partial charge in [0.1, 0.15) is 22.7 Å². The second-order valence-corrected chi connectivity index (χ2v) is 23.1. The van der Waals surface area contributed by atoms with Crippen molar-refractivity contribution in [1.82, 2.24) is 4.48 Å². The number of hydrogen-bond acceptors (Lipinski definition) is 0. The van der Waals surface area contributed by atoms with Crippen molar-refractivity contribution >= 4 is 22.7 Å². The Labute approximate surface area is 454 Å². The number of aryl methyl sites for hydroxylation is 4. The molecule has 0 atom stereocenters. The molecule has 4 aromatic rings. The fourth-order valence-electron chi connectivity index (χ4n) is 11.7. The summed E-state index contributed by atoms with van der Waals surface area (Å²) in [7, 11) is 0. The van der Waals surface area contributed by atoms with Crippen LogP contribution in [0.1, 0.15) is 307 Å². The van der Waals surface area contributed by atoms with E-state index in [1.54, 1.807) is 0 Å². The molecule has 0 saturated carbocycles. The molecular weight excluding hydrogens is 879 g/mol. The maximum absolute atomic E-state index is 2.48. The summed E-state index contributed by atoms with van der Waals surface area (Å²) in [6, 6.07) is 39.6. The van der Waals surface area contributed by atoms with Crippen LogP contribution in [-0.2, 0) is 25.7 Å². The third-order valence-electron chi connectivity index (χ3n) is 16.6. The lowest BCUT2D eigenvalue weighted by molar-refractivity contribution is 0.556. The lowest BCUT2D eigenvalue weighted by Crippen LogP contribution is -2.33. The Hall–Kier alpha value is -3.16. The summed E-state index contributed by atoms with van der Waals surface area (Å²) in [5.41, 5.74) is 11.2. The molecule has 0 heterocycles. The quantitative estimate of drug-likeness (QED) is 0.0306. The van der Waals surface area contributed by atoms with Gasteiger partial charge in [0.15, 0.2) is 0 Å². The van der Waals surface area contributed by atoms with E-state index in [0.29, 0.717) is 4.48 Å². The van der Waals surface area contributed by atoms with Gasteiger partial charge >= 0.3 is 0 Å². The normalized spacial score (nSPS) is 11.8. The summed E-state index contributed by atoms with van der Waals surface area (Å²) in [5, 5.41) is 0. The lowest BCUT2D eigenvalue weighted by atomic mass is 9.98. The molecule has 0 spiro atoms. The molecule has 0 aliphatic rings. The molecule has 1 heteroatoms. The van der Waals surface area contributed by atoms with E-state index in [1.807, 2.05) is 0 Å². The Bertz CT molecular complexity index is 1540. The van der Waals surface area contributed by atoms with Crippen molar-refractivity contribution in [2.45, 2.75) is 310 Å². The van der Waals surface area contributed by atoms with E-state index >= 15 is 0 Å². The number of benzene rings is 4. The molecule has 4 rings (SSSR count). The molecule has 0 unspecified atom stereocenters. The van der Waals surface area contributed by atoms with Crippen LogP contribution in [0.3, 0.4) is 0 Å². The first kappa shape index (κ1) is 62.4. The van der Waals surface area contributed by atoms with Crippen LogP contribution in [-0.4, -0.2) is 0 Å². The van der Waals surface area contributed by atoms with Crippen LogP contribution in [0.5, 0.6) is 0 Å². The molecule has 0 aromatic heterocycles. The predicted molar refractivity (Wildman–Crippen MR) is 329 cm³/mol. The lowest BCUT2D eigenvalue weighted by Gasteiger charge is -2.37. The second-order valence-electron chi connectivity index (χ2n) is 23.1. The average molecular weight is 996 g/mol. The molecule has 0 radical (unpaired) electrons. The van der Waals surface area contributed by atoms with E-state index in [4.69, 9.17) is 0 Å². The zero-order valence-corrected chi connectivity index (χ0v) is 48.8. The monoisotopic (exact) mass is 995 g/mol. The first-order valence-corrected chi connectivity index (χ1v) is 32.4. The van der Waals surface area contributed by atoms with Gasteiger partial charge in [-0.15, -0.1) is 0 Å². The molecule has 0 aliphatic heterocycles. The molecule has 4 aromatic carbocycles. The minimum atomic E-state index is 0.605. The minimum absolute atomic E-state index is 0.605. The van der Waals surface area contributed by atoms with Crippen molar-refractivity contribution in [3.05, 3.63) is 119 Å². The van der Waals surface area contributed by atoms with Crippen molar-refractivity contribution in [3.63, 3.8) is 0 Å².